The summed E-state index contributed by atoms with van der Waals surface area (Å²) in [5.41, 5.74) is 1.99. The maximum atomic E-state index is 5.14. The van der Waals surface area contributed by atoms with Crippen LogP contribution in [-0.4, -0.2) is 18.2 Å². The molecular weight excluding hydrogens is 340 g/mol. The molecule has 0 aliphatic carbocycles. The van der Waals surface area contributed by atoms with Gasteiger partial charge in [-0.05, 0) is 35.8 Å². The van der Waals surface area contributed by atoms with Crippen molar-refractivity contribution in [2.24, 2.45) is 4.99 Å². The third-order valence-electron chi connectivity index (χ3n) is 2.89. The molecule has 108 valence electrons. The summed E-state index contributed by atoms with van der Waals surface area (Å²) in [5.74, 6) is 1.60. The van der Waals surface area contributed by atoms with Crippen molar-refractivity contribution >= 4 is 33.2 Å². The van der Waals surface area contributed by atoms with Crippen LogP contribution < -0.4 is 10.6 Å². The number of hydrogen-bond donors (Lipinski definition) is 2. The Morgan fingerprint density at radius 1 is 1.40 bits per heavy atom. The minimum Gasteiger partial charge on any atom is -0.361 e. The lowest BCUT2D eigenvalue weighted by molar-refractivity contribution is 0.392. The first-order valence-corrected chi connectivity index (χ1v) is 7.86. The van der Waals surface area contributed by atoms with Crippen LogP contribution in [0.3, 0.4) is 0 Å². The fraction of sp³-hybridized carbons (Fsp3) is 0.385. The smallest absolute Gasteiger partial charge is 0.191 e. The van der Waals surface area contributed by atoms with Gasteiger partial charge in [0.15, 0.2) is 5.96 Å². The Bertz CT molecular complexity index is 586. The number of aryl methyl sites for hydroxylation is 2. The molecule has 2 heterocycles. The Morgan fingerprint density at radius 2 is 2.15 bits per heavy atom. The molecule has 0 aromatic carbocycles. The molecule has 2 aromatic rings. The molecule has 7 heteroatoms. The van der Waals surface area contributed by atoms with Gasteiger partial charge in [-0.3, -0.25) is 4.99 Å². The molecule has 0 aliphatic heterocycles. The highest BCUT2D eigenvalue weighted by molar-refractivity contribution is 9.10. The number of nitrogens with zero attached hydrogens (tertiary/aromatic N) is 2. The largest absolute Gasteiger partial charge is 0.361 e. The molecule has 0 radical (unpaired) electrons. The predicted molar refractivity (Wildman–Crippen MR) is 85.0 cm³/mol. The topological polar surface area (TPSA) is 62.5 Å². The van der Waals surface area contributed by atoms with E-state index in [0.29, 0.717) is 6.54 Å². The van der Waals surface area contributed by atoms with Crippen LogP contribution in [0, 0.1) is 13.8 Å². The van der Waals surface area contributed by atoms with Crippen molar-refractivity contribution in [2.45, 2.75) is 26.9 Å². The van der Waals surface area contributed by atoms with Crippen LogP contribution in [0.25, 0.3) is 0 Å². The first-order valence-electron chi connectivity index (χ1n) is 6.19. The molecule has 0 amide bonds. The van der Waals surface area contributed by atoms with E-state index < -0.39 is 0 Å². The predicted octanol–water partition coefficient (Wildman–Crippen LogP) is 2.98. The lowest BCUT2D eigenvalue weighted by atomic mass is 10.2. The van der Waals surface area contributed by atoms with Gasteiger partial charge in [-0.1, -0.05) is 5.16 Å². The van der Waals surface area contributed by atoms with Crippen molar-refractivity contribution < 1.29 is 4.52 Å². The standard InChI is InChI=1S/C13H17BrN4OS/c1-8-12(9(2)19-18-8)6-17-13(15-3)16-5-11-4-10(14)7-20-11/h4,7H,5-6H2,1-3H3,(H2,15,16,17). The van der Waals surface area contributed by atoms with Gasteiger partial charge in [0, 0.05) is 33.9 Å². The molecule has 0 saturated carbocycles. The van der Waals surface area contributed by atoms with E-state index in [9.17, 15) is 0 Å². The Hall–Kier alpha value is -1.34. The summed E-state index contributed by atoms with van der Waals surface area (Å²) in [6, 6.07) is 2.10. The monoisotopic (exact) mass is 356 g/mol. The summed E-state index contributed by atoms with van der Waals surface area (Å²) < 4.78 is 6.25. The number of guanidine groups is 1. The number of aromatic nitrogens is 1. The highest BCUT2D eigenvalue weighted by Crippen LogP contribution is 2.19. The highest BCUT2D eigenvalue weighted by Gasteiger charge is 2.09. The quantitative estimate of drug-likeness (QED) is 0.652. The first kappa shape index (κ1) is 15.1. The molecule has 0 aliphatic rings. The average Bonchev–Trinajstić information content (AvgIpc) is 2.98. The molecule has 0 bridgehead atoms. The van der Waals surface area contributed by atoms with Crippen LogP contribution in [-0.2, 0) is 13.1 Å². The van der Waals surface area contributed by atoms with Gasteiger partial charge < -0.3 is 15.2 Å². The van der Waals surface area contributed by atoms with Gasteiger partial charge in [-0.15, -0.1) is 11.3 Å². The molecule has 0 fully saturated rings. The fourth-order valence-corrected chi connectivity index (χ4v) is 3.16. The van der Waals surface area contributed by atoms with E-state index in [0.717, 1.165) is 34.0 Å². The summed E-state index contributed by atoms with van der Waals surface area (Å²) >= 11 is 5.15. The SMILES string of the molecule is CN=C(NCc1cc(Br)cs1)NCc1c(C)noc1C. The van der Waals surface area contributed by atoms with E-state index in [1.807, 2.05) is 13.8 Å². The van der Waals surface area contributed by atoms with Crippen molar-refractivity contribution in [3.05, 3.63) is 37.8 Å². The van der Waals surface area contributed by atoms with Crippen LogP contribution in [0.15, 0.2) is 25.4 Å². The van der Waals surface area contributed by atoms with Gasteiger partial charge in [-0.25, -0.2) is 0 Å². The molecular formula is C13H17BrN4OS. The van der Waals surface area contributed by atoms with E-state index in [2.05, 4.69) is 48.2 Å². The average molecular weight is 357 g/mol. The van der Waals surface area contributed by atoms with Crippen LogP contribution in [0.2, 0.25) is 0 Å². The molecule has 0 saturated heterocycles. The van der Waals surface area contributed by atoms with E-state index in [-0.39, 0.29) is 0 Å². The molecule has 2 rings (SSSR count). The number of nitrogens with one attached hydrogen (secondary N) is 2. The minimum atomic E-state index is 0.648. The summed E-state index contributed by atoms with van der Waals surface area (Å²) in [6.07, 6.45) is 0. The van der Waals surface area contributed by atoms with Gasteiger partial charge in [0.25, 0.3) is 0 Å². The van der Waals surface area contributed by atoms with Gasteiger partial charge in [0.1, 0.15) is 5.76 Å². The number of hydrogen-bond acceptors (Lipinski definition) is 4. The van der Waals surface area contributed by atoms with Crippen LogP contribution >= 0.6 is 27.3 Å². The van der Waals surface area contributed by atoms with Crippen molar-refractivity contribution in [2.75, 3.05) is 7.05 Å². The van der Waals surface area contributed by atoms with E-state index in [4.69, 9.17) is 4.52 Å². The fourth-order valence-electron chi connectivity index (χ4n) is 1.76. The second-order valence-corrected chi connectivity index (χ2v) is 6.22. The van der Waals surface area contributed by atoms with E-state index in [1.54, 1.807) is 18.4 Å². The zero-order chi connectivity index (χ0) is 14.5. The van der Waals surface area contributed by atoms with Crippen molar-refractivity contribution in [3.63, 3.8) is 0 Å². The molecule has 2 N–H and O–H groups in total. The molecule has 0 unspecified atom stereocenters. The summed E-state index contributed by atoms with van der Waals surface area (Å²) in [5, 5.41) is 12.5. The summed E-state index contributed by atoms with van der Waals surface area (Å²) in [6.45, 7) is 5.25. The van der Waals surface area contributed by atoms with Crippen LogP contribution in [0.5, 0.6) is 0 Å². The van der Waals surface area contributed by atoms with Crippen LogP contribution in [0.4, 0.5) is 0 Å². The zero-order valence-corrected chi connectivity index (χ0v) is 14.1. The molecule has 0 atom stereocenters. The number of rotatable bonds is 4. The Balaban J connectivity index is 1.87. The van der Waals surface area contributed by atoms with E-state index >= 15 is 0 Å². The highest BCUT2D eigenvalue weighted by atomic mass is 79.9. The van der Waals surface area contributed by atoms with E-state index in [1.165, 1.54) is 4.88 Å². The molecule has 2 aromatic heterocycles. The third kappa shape index (κ3) is 3.83. The normalized spacial score (nSPS) is 11.7. The molecule has 20 heavy (non-hydrogen) atoms. The Morgan fingerprint density at radius 3 is 2.70 bits per heavy atom. The zero-order valence-electron chi connectivity index (χ0n) is 11.7. The Labute approximate surface area is 130 Å². The van der Waals surface area contributed by atoms with Gasteiger partial charge in [0.05, 0.1) is 12.2 Å². The second-order valence-electron chi connectivity index (χ2n) is 4.31. The van der Waals surface area contributed by atoms with Crippen molar-refractivity contribution in [3.8, 4) is 0 Å². The third-order valence-corrected chi connectivity index (χ3v) is 4.59. The molecule has 0 spiro atoms. The summed E-state index contributed by atoms with van der Waals surface area (Å²) in [7, 11) is 1.76. The molecule has 5 nitrogen and oxygen atoms in total. The summed E-state index contributed by atoms with van der Waals surface area (Å²) in [4.78, 5) is 5.45. The van der Waals surface area contributed by atoms with Crippen molar-refractivity contribution in [1.29, 1.82) is 0 Å². The number of halogens is 1. The first-order chi connectivity index (χ1) is 9.60. The number of aliphatic imine (C=N–C) groups is 1. The van der Waals surface area contributed by atoms with Gasteiger partial charge in [0.2, 0.25) is 0 Å². The Kier molecular flexibility index (Phi) is 5.19. The maximum absolute atomic E-state index is 5.14. The van der Waals surface area contributed by atoms with Gasteiger partial charge in [-0.2, -0.15) is 0 Å². The minimum absolute atomic E-state index is 0.648. The maximum Gasteiger partial charge on any atom is 0.191 e. The van der Waals surface area contributed by atoms with Crippen molar-refractivity contribution in [1.82, 2.24) is 15.8 Å². The lowest BCUT2D eigenvalue weighted by Crippen LogP contribution is -2.36. The second kappa shape index (κ2) is 6.90. The lowest BCUT2D eigenvalue weighted by Gasteiger charge is -2.10. The van der Waals surface area contributed by atoms with Gasteiger partial charge >= 0.3 is 0 Å². The number of thiophene rings is 1. The van der Waals surface area contributed by atoms with Crippen LogP contribution in [0.1, 0.15) is 21.9 Å².